The highest BCUT2D eigenvalue weighted by molar-refractivity contribution is 5.95. The maximum atomic E-state index is 11.9. The van der Waals surface area contributed by atoms with Gasteiger partial charge in [0.2, 0.25) is 12.3 Å². The number of hydrogen-bond donors (Lipinski definition) is 1. The molecule has 2 aromatic rings. The number of Topliss-reactive ketones (excluding diaryl/α,β-unsaturated/α-hetero) is 1. The highest BCUT2D eigenvalue weighted by atomic mass is 16.3. The number of carbonyl (C=O) groups excluding carboxylic acids is 1. The number of ketones is 1. The van der Waals surface area contributed by atoms with Gasteiger partial charge in [0.15, 0.2) is 12.4 Å². The van der Waals surface area contributed by atoms with Gasteiger partial charge in [-0.1, -0.05) is 29.8 Å². The molecule has 0 aliphatic rings. The van der Waals surface area contributed by atoms with Crippen molar-refractivity contribution in [1.29, 1.82) is 0 Å². The lowest BCUT2D eigenvalue weighted by Crippen LogP contribution is -2.36. The van der Waals surface area contributed by atoms with Crippen LogP contribution < -0.4 is 4.57 Å². The second kappa shape index (κ2) is 4.78. The van der Waals surface area contributed by atoms with Crippen LogP contribution in [-0.4, -0.2) is 10.9 Å². The summed E-state index contributed by atoms with van der Waals surface area (Å²) in [5.41, 5.74) is 1.84. The molecule has 0 radical (unpaired) electrons. The molecule has 0 aliphatic heterocycles. The van der Waals surface area contributed by atoms with Crippen LogP contribution in [0.3, 0.4) is 0 Å². The molecule has 0 saturated heterocycles. The molecule has 0 unspecified atom stereocenters. The third-order valence-electron chi connectivity index (χ3n) is 2.57. The van der Waals surface area contributed by atoms with Crippen molar-refractivity contribution in [3.05, 3.63) is 59.9 Å². The molecular formula is C14H14NO2+. The lowest BCUT2D eigenvalue weighted by molar-refractivity contribution is -0.683. The number of pyridine rings is 1. The SMILES string of the molecule is Cc1ccc(C(=O)C[n+]2ccc(O)cc2)cc1. The summed E-state index contributed by atoms with van der Waals surface area (Å²) in [5.74, 6) is 0.254. The fourth-order valence-electron chi connectivity index (χ4n) is 1.55. The molecule has 1 aromatic carbocycles. The molecule has 0 amide bonds. The fraction of sp³-hybridized carbons (Fsp3) is 0.143. The van der Waals surface area contributed by atoms with Gasteiger partial charge in [0.1, 0.15) is 5.75 Å². The van der Waals surface area contributed by atoms with Gasteiger partial charge < -0.3 is 5.11 Å². The Balaban J connectivity index is 2.11. The van der Waals surface area contributed by atoms with Crippen molar-refractivity contribution in [2.24, 2.45) is 0 Å². The third-order valence-corrected chi connectivity index (χ3v) is 2.57. The van der Waals surface area contributed by atoms with E-state index >= 15 is 0 Å². The van der Waals surface area contributed by atoms with E-state index in [9.17, 15) is 4.79 Å². The normalized spacial score (nSPS) is 10.2. The average molecular weight is 228 g/mol. The summed E-state index contributed by atoms with van der Waals surface area (Å²) in [6.07, 6.45) is 3.36. The van der Waals surface area contributed by atoms with Crippen molar-refractivity contribution in [2.75, 3.05) is 0 Å². The predicted octanol–water partition coefficient (Wildman–Crippen LogP) is 1.87. The first-order chi connectivity index (χ1) is 8.15. The minimum Gasteiger partial charge on any atom is -0.507 e. The van der Waals surface area contributed by atoms with E-state index in [1.807, 2.05) is 31.2 Å². The Bertz CT molecular complexity index is 515. The Morgan fingerprint density at radius 2 is 1.71 bits per heavy atom. The largest absolute Gasteiger partial charge is 0.507 e. The standard InChI is InChI=1S/C14H13NO2/c1-11-2-4-12(5-3-11)14(17)10-15-8-6-13(16)7-9-15/h2-9H,10H2,1H3/p+1. The second-order valence-electron chi connectivity index (χ2n) is 4.02. The zero-order valence-electron chi connectivity index (χ0n) is 9.63. The number of rotatable bonds is 3. The van der Waals surface area contributed by atoms with Crippen LogP contribution in [0, 0.1) is 6.92 Å². The van der Waals surface area contributed by atoms with Gasteiger partial charge in [-0.25, -0.2) is 0 Å². The van der Waals surface area contributed by atoms with Gasteiger partial charge in [-0.3, -0.25) is 4.79 Å². The fourth-order valence-corrected chi connectivity index (χ4v) is 1.55. The van der Waals surface area contributed by atoms with E-state index in [0.717, 1.165) is 5.56 Å². The zero-order chi connectivity index (χ0) is 12.3. The minimum absolute atomic E-state index is 0.0562. The van der Waals surface area contributed by atoms with Crippen LogP contribution in [0.15, 0.2) is 48.8 Å². The van der Waals surface area contributed by atoms with E-state index in [2.05, 4.69) is 0 Å². The summed E-state index contributed by atoms with van der Waals surface area (Å²) in [4.78, 5) is 11.9. The van der Waals surface area contributed by atoms with E-state index in [4.69, 9.17) is 5.11 Å². The van der Waals surface area contributed by atoms with Crippen molar-refractivity contribution in [3.8, 4) is 5.75 Å². The Labute approximate surface area is 100.0 Å². The number of hydrogen-bond acceptors (Lipinski definition) is 2. The summed E-state index contributed by atoms with van der Waals surface area (Å²) >= 11 is 0. The van der Waals surface area contributed by atoms with Crippen LogP contribution >= 0.6 is 0 Å². The van der Waals surface area contributed by atoms with Crippen LogP contribution in [0.2, 0.25) is 0 Å². The Hall–Kier alpha value is -2.16. The number of aromatic nitrogens is 1. The lowest BCUT2D eigenvalue weighted by atomic mass is 10.1. The van der Waals surface area contributed by atoms with Crippen LogP contribution in [0.5, 0.6) is 5.75 Å². The van der Waals surface area contributed by atoms with Crippen LogP contribution in [0.1, 0.15) is 15.9 Å². The molecule has 0 fully saturated rings. The van der Waals surface area contributed by atoms with Crippen molar-refractivity contribution in [1.82, 2.24) is 0 Å². The molecule has 1 heterocycles. The molecule has 86 valence electrons. The lowest BCUT2D eigenvalue weighted by Gasteiger charge is -1.99. The van der Waals surface area contributed by atoms with Crippen molar-refractivity contribution < 1.29 is 14.5 Å². The maximum absolute atomic E-state index is 11.9. The Morgan fingerprint density at radius 3 is 2.29 bits per heavy atom. The van der Waals surface area contributed by atoms with Gasteiger partial charge in [0.25, 0.3) is 0 Å². The van der Waals surface area contributed by atoms with E-state index in [1.54, 1.807) is 29.1 Å². The monoisotopic (exact) mass is 228 g/mol. The van der Waals surface area contributed by atoms with Gasteiger partial charge in [-0.05, 0) is 6.92 Å². The first kappa shape index (κ1) is 11.3. The highest BCUT2D eigenvalue weighted by Gasteiger charge is 2.11. The number of aryl methyl sites for hydroxylation is 1. The summed E-state index contributed by atoms with van der Waals surface area (Å²) in [6.45, 7) is 2.27. The third kappa shape index (κ3) is 2.91. The molecular weight excluding hydrogens is 214 g/mol. The van der Waals surface area contributed by atoms with Crippen molar-refractivity contribution in [2.45, 2.75) is 13.5 Å². The maximum Gasteiger partial charge on any atom is 0.227 e. The summed E-state index contributed by atoms with van der Waals surface area (Å²) in [7, 11) is 0. The molecule has 1 aromatic heterocycles. The molecule has 0 atom stereocenters. The highest BCUT2D eigenvalue weighted by Crippen LogP contribution is 2.05. The molecule has 2 rings (SSSR count). The van der Waals surface area contributed by atoms with E-state index in [0.29, 0.717) is 5.56 Å². The summed E-state index contributed by atoms with van der Waals surface area (Å²) in [5, 5.41) is 9.14. The van der Waals surface area contributed by atoms with Gasteiger partial charge in [-0.2, -0.15) is 4.57 Å². The van der Waals surface area contributed by atoms with Crippen LogP contribution in [0.4, 0.5) is 0 Å². The predicted molar refractivity (Wildman–Crippen MR) is 63.8 cm³/mol. The quantitative estimate of drug-likeness (QED) is 0.643. The summed E-state index contributed by atoms with van der Waals surface area (Å²) in [6, 6.07) is 10.6. The summed E-state index contributed by atoms with van der Waals surface area (Å²) < 4.78 is 1.74. The molecule has 3 nitrogen and oxygen atoms in total. The van der Waals surface area contributed by atoms with Gasteiger partial charge >= 0.3 is 0 Å². The number of carbonyl (C=O) groups is 1. The molecule has 0 spiro atoms. The number of aromatic hydroxyl groups is 1. The Kier molecular flexibility index (Phi) is 3.19. The molecule has 0 aliphatic carbocycles. The minimum atomic E-state index is 0.0562. The zero-order valence-corrected chi connectivity index (χ0v) is 9.63. The molecule has 0 saturated carbocycles. The van der Waals surface area contributed by atoms with E-state index < -0.39 is 0 Å². The van der Waals surface area contributed by atoms with E-state index in [1.165, 1.54) is 0 Å². The van der Waals surface area contributed by atoms with Gasteiger partial charge in [-0.15, -0.1) is 0 Å². The topological polar surface area (TPSA) is 41.2 Å². The second-order valence-corrected chi connectivity index (χ2v) is 4.02. The molecule has 0 bridgehead atoms. The molecule has 3 heteroatoms. The molecule has 17 heavy (non-hydrogen) atoms. The first-order valence-electron chi connectivity index (χ1n) is 5.43. The van der Waals surface area contributed by atoms with Crippen LogP contribution in [0.25, 0.3) is 0 Å². The first-order valence-corrected chi connectivity index (χ1v) is 5.43. The van der Waals surface area contributed by atoms with E-state index in [-0.39, 0.29) is 18.1 Å². The average Bonchev–Trinajstić information content (AvgIpc) is 2.33. The van der Waals surface area contributed by atoms with Crippen molar-refractivity contribution in [3.63, 3.8) is 0 Å². The van der Waals surface area contributed by atoms with Crippen LogP contribution in [-0.2, 0) is 6.54 Å². The van der Waals surface area contributed by atoms with Gasteiger partial charge in [0, 0.05) is 17.7 Å². The number of nitrogens with zero attached hydrogens (tertiary/aromatic N) is 1. The van der Waals surface area contributed by atoms with Gasteiger partial charge in [0.05, 0.1) is 0 Å². The number of benzene rings is 1. The van der Waals surface area contributed by atoms with Crippen molar-refractivity contribution >= 4 is 5.78 Å². The molecule has 1 N–H and O–H groups in total. The smallest absolute Gasteiger partial charge is 0.227 e. The Morgan fingerprint density at radius 1 is 1.12 bits per heavy atom.